The third kappa shape index (κ3) is 11.5. The van der Waals surface area contributed by atoms with Gasteiger partial charge in [0, 0.05) is 26.1 Å². The minimum Gasteiger partial charge on any atom is -0.502 e. The smallest absolute Gasteiger partial charge is 0.266 e. The topological polar surface area (TPSA) is 172 Å². The van der Waals surface area contributed by atoms with Crippen LogP contribution in [0.3, 0.4) is 0 Å². The van der Waals surface area contributed by atoms with Crippen molar-refractivity contribution in [3.05, 3.63) is 106 Å². The van der Waals surface area contributed by atoms with Gasteiger partial charge in [-0.3, -0.25) is 24.2 Å². The summed E-state index contributed by atoms with van der Waals surface area (Å²) >= 11 is 2.52. The predicted octanol–water partition coefficient (Wildman–Crippen LogP) is 8.50. The fourth-order valence-electron chi connectivity index (χ4n) is 6.56. The molecule has 2 saturated heterocycles. The molecule has 0 atom stereocenters. The van der Waals surface area contributed by atoms with Gasteiger partial charge in [-0.2, -0.15) is 0 Å². The number of nitrogens with one attached hydrogen (secondary N) is 1. The Morgan fingerprint density at radius 3 is 1.44 bits per heavy atom. The minimum atomic E-state index is -0.241. The van der Waals surface area contributed by atoms with E-state index in [9.17, 15) is 24.6 Å². The van der Waals surface area contributed by atoms with Crippen LogP contribution >= 0.6 is 23.5 Å². The van der Waals surface area contributed by atoms with Crippen LogP contribution in [0.2, 0.25) is 0 Å². The zero-order valence-corrected chi connectivity index (χ0v) is 36.6. The van der Waals surface area contributed by atoms with Crippen molar-refractivity contribution in [3.8, 4) is 34.5 Å². The van der Waals surface area contributed by atoms with Crippen molar-refractivity contribution in [2.24, 2.45) is 9.98 Å². The van der Waals surface area contributed by atoms with Crippen LogP contribution in [-0.2, 0) is 14.4 Å². The Bertz CT molecular complexity index is 2320. The van der Waals surface area contributed by atoms with E-state index >= 15 is 0 Å². The number of nitrogens with zero attached hydrogens (tertiary/aromatic N) is 4. The van der Waals surface area contributed by atoms with Crippen LogP contribution < -0.4 is 24.3 Å². The van der Waals surface area contributed by atoms with E-state index in [0.717, 1.165) is 31.4 Å². The van der Waals surface area contributed by atoms with Gasteiger partial charge in [-0.05, 0) is 115 Å². The Morgan fingerprint density at radius 1 is 0.613 bits per heavy atom. The highest BCUT2D eigenvalue weighted by Crippen LogP contribution is 2.42. The molecule has 0 bridgehead atoms. The molecule has 62 heavy (non-hydrogen) atoms. The first-order valence-corrected chi connectivity index (χ1v) is 21.6. The van der Waals surface area contributed by atoms with Crippen molar-refractivity contribution in [1.82, 2.24) is 15.1 Å². The number of para-hydroxylation sites is 2. The minimum absolute atomic E-state index is 0.102. The number of carbonyl (C=O) groups is 3. The van der Waals surface area contributed by atoms with E-state index in [2.05, 4.69) is 5.32 Å². The zero-order chi connectivity index (χ0) is 44.0. The van der Waals surface area contributed by atoms with Crippen LogP contribution in [-0.4, -0.2) is 96.1 Å². The normalized spacial score (nSPS) is 16.5. The summed E-state index contributed by atoms with van der Waals surface area (Å²) in [7, 11) is 5.78. The molecule has 0 aliphatic carbocycles. The molecule has 0 radical (unpaired) electrons. The number of rotatable bonds is 19. The summed E-state index contributed by atoms with van der Waals surface area (Å²) in [5.41, 5.74) is 2.67. The van der Waals surface area contributed by atoms with E-state index in [4.69, 9.17) is 28.9 Å². The maximum atomic E-state index is 13.7. The molecular formula is C46H49N5O9S2. The standard InChI is InChI=1S/C46H49N5O9S2/c1-57-34-24-30(25-35(58-2)41(34)53)28-38-43(55)50(45(61-38)48-32-16-9-7-10-17-32)22-14-6-5-13-21-47-40(52)20-15-23-51-44(56)39(62-46(51)49-33-18-11-8-12-19-33)29-31-26-36(59-3)42(54)37(27-31)60-4/h7-12,16-19,24-29,53-54H,5-6,13-15,20-23H2,1-4H3,(H,47,52)/b38-28-,39-29-,48-45?,49-46?. The molecule has 2 aliphatic rings. The van der Waals surface area contributed by atoms with Crippen LogP contribution in [0, 0.1) is 0 Å². The Morgan fingerprint density at radius 2 is 1.02 bits per heavy atom. The number of benzene rings is 4. The number of carbonyl (C=O) groups excluding carboxylic acids is 3. The molecule has 14 nitrogen and oxygen atoms in total. The first-order valence-electron chi connectivity index (χ1n) is 20.0. The van der Waals surface area contributed by atoms with Gasteiger partial charge in [0.15, 0.2) is 33.3 Å². The largest absolute Gasteiger partial charge is 0.502 e. The van der Waals surface area contributed by atoms with Crippen molar-refractivity contribution < 1.29 is 43.5 Å². The van der Waals surface area contributed by atoms with Crippen molar-refractivity contribution in [1.29, 1.82) is 0 Å². The van der Waals surface area contributed by atoms with Crippen molar-refractivity contribution in [3.63, 3.8) is 0 Å². The molecule has 3 N–H and O–H groups in total. The van der Waals surface area contributed by atoms with E-state index in [1.54, 1.807) is 46.2 Å². The van der Waals surface area contributed by atoms with Crippen LogP contribution in [0.25, 0.3) is 12.2 Å². The molecule has 2 aliphatic heterocycles. The number of unbranched alkanes of at least 4 members (excludes halogenated alkanes) is 3. The van der Waals surface area contributed by atoms with E-state index in [1.807, 2.05) is 60.7 Å². The molecule has 2 fully saturated rings. The quantitative estimate of drug-likeness (QED) is 0.0609. The van der Waals surface area contributed by atoms with Gasteiger partial charge in [0.05, 0.1) is 49.6 Å². The lowest BCUT2D eigenvalue weighted by atomic mass is 10.1. The van der Waals surface area contributed by atoms with E-state index in [1.165, 1.54) is 52.0 Å². The molecule has 2 heterocycles. The molecule has 4 aromatic rings. The summed E-state index contributed by atoms with van der Waals surface area (Å²) in [6, 6.07) is 25.3. The van der Waals surface area contributed by atoms with Crippen molar-refractivity contribution in [2.45, 2.75) is 38.5 Å². The van der Waals surface area contributed by atoms with E-state index in [-0.39, 0.29) is 58.6 Å². The molecule has 0 spiro atoms. The molecule has 0 unspecified atom stereocenters. The number of amides is 3. The van der Waals surface area contributed by atoms with Gasteiger partial charge in [0.2, 0.25) is 17.4 Å². The molecule has 4 aromatic carbocycles. The zero-order valence-electron chi connectivity index (χ0n) is 35.0. The van der Waals surface area contributed by atoms with Gasteiger partial charge in [0.1, 0.15) is 0 Å². The number of hydrogen-bond donors (Lipinski definition) is 3. The fraction of sp³-hybridized carbons (Fsp3) is 0.283. The third-order valence-electron chi connectivity index (χ3n) is 9.75. The maximum Gasteiger partial charge on any atom is 0.266 e. The van der Waals surface area contributed by atoms with Crippen LogP contribution in [0.5, 0.6) is 34.5 Å². The van der Waals surface area contributed by atoms with Gasteiger partial charge < -0.3 is 34.5 Å². The summed E-state index contributed by atoms with van der Waals surface area (Å²) in [6.07, 6.45) is 7.30. The molecule has 3 amide bonds. The Balaban J connectivity index is 0.993. The first kappa shape index (κ1) is 45.1. The van der Waals surface area contributed by atoms with Crippen molar-refractivity contribution >= 4 is 75.1 Å². The second-order valence-corrected chi connectivity index (χ2v) is 16.0. The molecule has 0 aromatic heterocycles. The van der Waals surface area contributed by atoms with Gasteiger partial charge in [-0.25, -0.2) is 9.98 Å². The van der Waals surface area contributed by atoms with Gasteiger partial charge >= 0.3 is 0 Å². The number of phenolic OH excluding ortho intramolecular Hbond substituents is 2. The summed E-state index contributed by atoms with van der Waals surface area (Å²) in [6.45, 7) is 1.28. The average molecular weight is 880 g/mol. The summed E-state index contributed by atoms with van der Waals surface area (Å²) in [4.78, 5) is 54.0. The van der Waals surface area contributed by atoms with Crippen molar-refractivity contribution in [2.75, 3.05) is 48.1 Å². The van der Waals surface area contributed by atoms with Crippen LogP contribution in [0.4, 0.5) is 11.4 Å². The second-order valence-electron chi connectivity index (χ2n) is 14.0. The first-order chi connectivity index (χ1) is 30.1. The SMILES string of the molecule is COc1cc(/C=C2\SC(=Nc3ccccc3)N(CCCCCCNC(=O)CCCN3C(=O)/C(=C/c4cc(OC)c(O)c(OC)c4)SC3=Nc3ccccc3)C2=O)cc(OC)c1O. The molecule has 0 saturated carbocycles. The fourth-order valence-corrected chi connectivity index (χ4v) is 8.61. The van der Waals surface area contributed by atoms with E-state index < -0.39 is 0 Å². The highest BCUT2D eigenvalue weighted by molar-refractivity contribution is 8.19. The predicted molar refractivity (Wildman–Crippen MR) is 245 cm³/mol. The Hall–Kier alpha value is -6.39. The highest BCUT2D eigenvalue weighted by Gasteiger charge is 2.34. The second kappa shape index (κ2) is 21.9. The number of methoxy groups -OCH3 is 4. The van der Waals surface area contributed by atoms with E-state index in [0.29, 0.717) is 63.0 Å². The number of thioether (sulfide) groups is 2. The number of ether oxygens (including phenoxy) is 4. The van der Waals surface area contributed by atoms with Crippen LogP contribution in [0.1, 0.15) is 49.7 Å². The maximum absolute atomic E-state index is 13.7. The highest BCUT2D eigenvalue weighted by atomic mass is 32.2. The van der Waals surface area contributed by atoms with Gasteiger partial charge in [0.25, 0.3) is 11.8 Å². The number of amidine groups is 2. The monoisotopic (exact) mass is 879 g/mol. The number of hydrogen-bond acceptors (Lipinski definition) is 13. The summed E-state index contributed by atoms with van der Waals surface area (Å²) < 4.78 is 21.2. The Kier molecular flexibility index (Phi) is 16.0. The van der Waals surface area contributed by atoms with Crippen LogP contribution in [0.15, 0.2) is 105 Å². The number of phenols is 2. The lowest BCUT2D eigenvalue weighted by molar-refractivity contribution is -0.124. The summed E-state index contributed by atoms with van der Waals surface area (Å²) in [5.74, 6) is 0.142. The molecular weight excluding hydrogens is 831 g/mol. The number of aliphatic imine (C=N–C) groups is 2. The lowest BCUT2D eigenvalue weighted by Gasteiger charge is -2.16. The molecule has 16 heteroatoms. The molecule has 324 valence electrons. The Labute approximate surface area is 369 Å². The molecule has 6 rings (SSSR count). The van der Waals surface area contributed by atoms with Gasteiger partial charge in [-0.15, -0.1) is 0 Å². The van der Waals surface area contributed by atoms with Gasteiger partial charge in [-0.1, -0.05) is 49.2 Å². The summed E-state index contributed by atoms with van der Waals surface area (Å²) in [5, 5.41) is 24.8. The number of aromatic hydroxyl groups is 2. The lowest BCUT2D eigenvalue weighted by Crippen LogP contribution is -2.31. The average Bonchev–Trinajstić information content (AvgIpc) is 3.73. The third-order valence-corrected chi connectivity index (χ3v) is 11.8.